The summed E-state index contributed by atoms with van der Waals surface area (Å²) in [6.45, 7) is 31.4. The van der Waals surface area contributed by atoms with Crippen LogP contribution < -0.4 is 5.32 Å². The summed E-state index contributed by atoms with van der Waals surface area (Å²) in [7, 11) is 8.53. The minimum absolute atomic E-state index is 0.0110. The average Bonchev–Trinajstić information content (AvgIpc) is 2.96. The van der Waals surface area contributed by atoms with Gasteiger partial charge in [-0.05, 0) is 61.8 Å². The highest BCUT2D eigenvalue weighted by atomic mass is 33.1. The molecule has 11 heteroatoms. The molecule has 0 aromatic carbocycles. The fourth-order valence-electron chi connectivity index (χ4n) is 8.02. The van der Waals surface area contributed by atoms with Crippen molar-refractivity contribution in [2.24, 2.45) is 0 Å². The molecule has 0 radical (unpaired) electrons. The van der Waals surface area contributed by atoms with Gasteiger partial charge in [0.1, 0.15) is 0 Å². The second kappa shape index (κ2) is 15.8. The summed E-state index contributed by atoms with van der Waals surface area (Å²) in [5, 5.41) is 3.93. The van der Waals surface area contributed by atoms with Crippen LogP contribution in [-0.4, -0.2) is 200 Å². The average molecular weight is 628 g/mol. The number of hydrogen-bond acceptors (Lipinski definition) is 11. The molecule has 6 saturated heterocycles. The molecule has 42 heavy (non-hydrogen) atoms. The summed E-state index contributed by atoms with van der Waals surface area (Å²) < 4.78 is 0. The molecule has 246 valence electrons. The van der Waals surface area contributed by atoms with Crippen LogP contribution >= 0.6 is 22.5 Å². The zero-order chi connectivity index (χ0) is 30.5. The molecule has 6 fully saturated rings. The van der Waals surface area contributed by atoms with Crippen molar-refractivity contribution in [3.63, 3.8) is 0 Å². The van der Waals surface area contributed by atoms with E-state index in [1.165, 1.54) is 13.1 Å². The van der Waals surface area contributed by atoms with Gasteiger partial charge in [-0.1, -0.05) is 17.7 Å². The predicted octanol–water partition coefficient (Wildman–Crippen LogP) is 1.50. The molecule has 1 N–H and O–H groups in total. The summed E-state index contributed by atoms with van der Waals surface area (Å²) >= 11 is 4.98. The van der Waals surface area contributed by atoms with E-state index in [1.54, 1.807) is 10.8 Å². The molecule has 0 saturated carbocycles. The van der Waals surface area contributed by atoms with Crippen molar-refractivity contribution in [2.75, 3.05) is 132 Å². The number of likely N-dealkylation sites (N-methyl/N-ethyl adjacent to an activating group) is 3. The van der Waals surface area contributed by atoms with Crippen molar-refractivity contribution >= 4 is 22.5 Å². The maximum Gasteiger partial charge on any atom is 0.0760 e. The van der Waals surface area contributed by atoms with Crippen molar-refractivity contribution in [3.8, 4) is 0 Å². The Morgan fingerprint density at radius 1 is 0.833 bits per heavy atom. The quantitative estimate of drug-likeness (QED) is 0.335. The molecule has 0 spiro atoms. The zero-order valence-electron chi connectivity index (χ0n) is 28.4. The molecule has 0 amide bonds. The normalized spacial score (nSPS) is 40.3. The Morgan fingerprint density at radius 2 is 1.50 bits per heavy atom. The Morgan fingerprint density at radius 3 is 2.17 bits per heavy atom. The van der Waals surface area contributed by atoms with E-state index in [9.17, 15) is 0 Å². The van der Waals surface area contributed by atoms with Crippen molar-refractivity contribution in [3.05, 3.63) is 0 Å². The molecule has 6 atom stereocenters. The van der Waals surface area contributed by atoms with Crippen LogP contribution in [0.4, 0.5) is 0 Å². The number of hydrogen-bond donors (Lipinski definition) is 2. The van der Waals surface area contributed by atoms with E-state index in [2.05, 4.69) is 100 Å². The van der Waals surface area contributed by atoms with Gasteiger partial charge in [-0.25, -0.2) is 0 Å². The summed E-state index contributed by atoms with van der Waals surface area (Å²) in [6, 6.07) is 1.05. The van der Waals surface area contributed by atoms with E-state index in [0.29, 0.717) is 18.2 Å². The lowest BCUT2D eigenvalue weighted by atomic mass is 9.90. The van der Waals surface area contributed by atoms with Gasteiger partial charge in [-0.15, -0.1) is 11.7 Å². The molecule has 6 aliphatic heterocycles. The molecular formula is C31H65N9S2. The van der Waals surface area contributed by atoms with Crippen molar-refractivity contribution in [2.45, 2.75) is 69.7 Å². The van der Waals surface area contributed by atoms with Gasteiger partial charge in [0.15, 0.2) is 0 Å². The summed E-state index contributed by atoms with van der Waals surface area (Å²) in [6.07, 6.45) is 1.52. The molecule has 6 heterocycles. The summed E-state index contributed by atoms with van der Waals surface area (Å²) in [5.74, 6) is 0. The molecule has 4 bridgehead atoms. The lowest BCUT2D eigenvalue weighted by molar-refractivity contribution is -0.0421. The molecule has 6 unspecified atom stereocenters. The second-order valence-electron chi connectivity index (χ2n) is 14.6. The fraction of sp³-hybridized carbons (Fsp3) is 1.00. The van der Waals surface area contributed by atoms with Crippen LogP contribution in [0.15, 0.2) is 0 Å². The van der Waals surface area contributed by atoms with Gasteiger partial charge in [-0.2, -0.15) is 0 Å². The monoisotopic (exact) mass is 627 g/mol. The topological polar surface area (TPSA) is 38.0 Å². The zero-order valence-corrected chi connectivity index (χ0v) is 30.1. The molecule has 0 aromatic rings. The first kappa shape index (κ1) is 35.2. The Balaban J connectivity index is 1.61. The fourth-order valence-corrected chi connectivity index (χ4v) is 9.26. The molecule has 0 aromatic heterocycles. The molecule has 6 aliphatic rings. The van der Waals surface area contributed by atoms with Crippen LogP contribution in [0.5, 0.6) is 0 Å². The number of piperazine rings is 3. The first-order valence-electron chi connectivity index (χ1n) is 16.8. The minimum atomic E-state index is -0.0110. The van der Waals surface area contributed by atoms with E-state index >= 15 is 0 Å². The van der Waals surface area contributed by atoms with Gasteiger partial charge in [0.05, 0.1) is 11.0 Å². The van der Waals surface area contributed by atoms with Gasteiger partial charge >= 0.3 is 0 Å². The van der Waals surface area contributed by atoms with Gasteiger partial charge < -0.3 is 15.1 Å². The number of thiol groups is 1. The number of nitrogens with zero attached hydrogens (tertiary/aromatic N) is 8. The van der Waals surface area contributed by atoms with E-state index in [0.717, 1.165) is 105 Å². The highest BCUT2D eigenvalue weighted by Gasteiger charge is 2.46. The Hall–Kier alpha value is 0.340. The molecule has 0 aliphatic carbocycles. The smallest absolute Gasteiger partial charge is 0.0760 e. The van der Waals surface area contributed by atoms with Crippen molar-refractivity contribution in [1.29, 1.82) is 0 Å². The van der Waals surface area contributed by atoms with Crippen molar-refractivity contribution in [1.82, 2.24) is 44.5 Å². The molecular weight excluding hydrogens is 563 g/mol. The number of rotatable bonds is 6. The lowest BCUT2D eigenvalue weighted by Gasteiger charge is -2.56. The highest BCUT2D eigenvalue weighted by molar-refractivity contribution is 8.69. The Labute approximate surface area is 268 Å². The number of fused-ring (bicyclic) bond motifs is 2. The van der Waals surface area contributed by atoms with Crippen LogP contribution in [-0.2, 0) is 0 Å². The van der Waals surface area contributed by atoms with E-state index < -0.39 is 0 Å². The summed E-state index contributed by atoms with van der Waals surface area (Å²) in [4.78, 5) is 21.5. The third kappa shape index (κ3) is 8.99. The van der Waals surface area contributed by atoms with Crippen LogP contribution in [0.25, 0.3) is 0 Å². The van der Waals surface area contributed by atoms with Gasteiger partial charge in [0, 0.05) is 122 Å². The summed E-state index contributed by atoms with van der Waals surface area (Å²) in [5.41, 5.74) is 0.130. The van der Waals surface area contributed by atoms with Crippen LogP contribution in [0, 0.1) is 0 Å². The molecule has 6 rings (SSSR count). The minimum Gasteiger partial charge on any atom is -0.308 e. The molecule has 9 nitrogen and oxygen atoms in total. The van der Waals surface area contributed by atoms with Gasteiger partial charge in [0.2, 0.25) is 0 Å². The van der Waals surface area contributed by atoms with Gasteiger partial charge in [-0.3, -0.25) is 29.4 Å². The van der Waals surface area contributed by atoms with E-state index in [-0.39, 0.29) is 10.4 Å². The second-order valence-corrected chi connectivity index (χ2v) is 16.2. The lowest BCUT2D eigenvalue weighted by Crippen LogP contribution is -2.69. The first-order chi connectivity index (χ1) is 20.0. The standard InChI is InChI=1S/C31H65N9S2/c1-9-36-19-14-35-15-21-39(22-16-35)30(3,4)26-31(5,42-41)40-23-20-37(11-10-32-27(36)2)29(25-40)28-24-34(8)13-18-38(28)17-12-33(6)7/h27-29,32,41H,9-26H2,1-8H3. The maximum atomic E-state index is 4.98. The van der Waals surface area contributed by atoms with Gasteiger partial charge in [0.25, 0.3) is 0 Å². The van der Waals surface area contributed by atoms with Crippen LogP contribution in [0.2, 0.25) is 0 Å². The SMILES string of the molecule is CCN1CCN2CCN(CC2)C(C)(C)CC(C)(SS)N2CCN(CCNC1C)C(C1CN(C)CCN1CCN(C)C)C2. The maximum absolute atomic E-state index is 4.98. The number of nitrogens with one attached hydrogen (secondary N) is 1. The van der Waals surface area contributed by atoms with Crippen LogP contribution in [0.1, 0.15) is 41.0 Å². The third-order valence-corrected chi connectivity index (χ3v) is 12.9. The Kier molecular flexibility index (Phi) is 13.2. The van der Waals surface area contributed by atoms with E-state index in [1.807, 2.05) is 0 Å². The van der Waals surface area contributed by atoms with E-state index in [4.69, 9.17) is 11.7 Å². The highest BCUT2D eigenvalue weighted by Crippen LogP contribution is 2.42. The largest absolute Gasteiger partial charge is 0.308 e. The predicted molar refractivity (Wildman–Crippen MR) is 185 cm³/mol. The first-order valence-corrected chi connectivity index (χ1v) is 18.7. The van der Waals surface area contributed by atoms with Crippen molar-refractivity contribution < 1.29 is 0 Å². The Bertz CT molecular complexity index is 811. The van der Waals surface area contributed by atoms with Crippen LogP contribution in [0.3, 0.4) is 0 Å². The third-order valence-electron chi connectivity index (χ3n) is 10.9.